The first-order valence-electron chi connectivity index (χ1n) is 9.81. The van der Waals surface area contributed by atoms with Crippen LogP contribution in [0, 0.1) is 0 Å². The maximum absolute atomic E-state index is 10.9. The Hall–Kier alpha value is 0.194. The topological polar surface area (TPSA) is 77.4 Å². The second-order valence-electron chi connectivity index (χ2n) is 10.7. The van der Waals surface area contributed by atoms with Gasteiger partial charge in [0, 0.05) is 7.11 Å². The molecule has 1 rings (SSSR count). The van der Waals surface area contributed by atoms with Crippen molar-refractivity contribution >= 4 is 16.6 Å². The van der Waals surface area contributed by atoms with Crippen LogP contribution in [0.1, 0.15) is 41.5 Å². The van der Waals surface area contributed by atoms with E-state index in [2.05, 4.69) is 67.7 Å². The summed E-state index contributed by atoms with van der Waals surface area (Å²) in [5, 5.41) is 21.6. The number of rotatable bonds is 6. The quantitative estimate of drug-likeness (QED) is 0.638. The van der Waals surface area contributed by atoms with Gasteiger partial charge in [0.1, 0.15) is 24.4 Å². The first-order valence-corrected chi connectivity index (χ1v) is 15.6. The van der Waals surface area contributed by atoms with Crippen LogP contribution in [0.5, 0.6) is 0 Å². The maximum Gasteiger partial charge on any atom is 0.192 e. The minimum absolute atomic E-state index is 0.0412. The lowest BCUT2D eigenvalue weighted by Crippen LogP contribution is -2.63. The summed E-state index contributed by atoms with van der Waals surface area (Å²) in [6.45, 7) is 21.7. The molecule has 6 nitrogen and oxygen atoms in total. The number of aliphatic hydroxyl groups excluding tert-OH is 2. The van der Waals surface area contributed by atoms with Crippen molar-refractivity contribution in [2.24, 2.45) is 0 Å². The molecule has 1 aliphatic rings. The first kappa shape index (κ1) is 25.2. The van der Waals surface area contributed by atoms with Crippen molar-refractivity contribution in [2.75, 3.05) is 13.7 Å². The molecule has 0 aliphatic carbocycles. The molecule has 1 fully saturated rings. The highest BCUT2D eigenvalue weighted by Gasteiger charge is 2.50. The fraction of sp³-hybridized carbons (Fsp3) is 1.00. The summed E-state index contributed by atoms with van der Waals surface area (Å²) in [6, 6.07) is 0. The number of hydrogen-bond acceptors (Lipinski definition) is 6. The van der Waals surface area contributed by atoms with Gasteiger partial charge in [0.15, 0.2) is 22.9 Å². The van der Waals surface area contributed by atoms with E-state index in [0.29, 0.717) is 0 Å². The van der Waals surface area contributed by atoms with Crippen LogP contribution in [0.15, 0.2) is 0 Å². The molecule has 0 amide bonds. The van der Waals surface area contributed by atoms with Crippen molar-refractivity contribution in [2.45, 2.75) is 109 Å². The summed E-state index contributed by atoms with van der Waals surface area (Å²) in [4.78, 5) is 0. The fourth-order valence-corrected chi connectivity index (χ4v) is 4.72. The number of ether oxygens (including phenoxy) is 2. The fourth-order valence-electron chi connectivity index (χ4n) is 2.40. The van der Waals surface area contributed by atoms with Gasteiger partial charge in [-0.25, -0.2) is 0 Å². The Kier molecular flexibility index (Phi) is 7.95. The highest BCUT2D eigenvalue weighted by Crippen LogP contribution is 2.40. The van der Waals surface area contributed by atoms with Gasteiger partial charge >= 0.3 is 0 Å². The first-order chi connectivity index (χ1) is 11.9. The van der Waals surface area contributed by atoms with E-state index in [0.717, 1.165) is 0 Å². The molecule has 0 aromatic rings. The summed E-state index contributed by atoms with van der Waals surface area (Å²) in [6.07, 6.45) is -4.26. The standard InChI is InChI=1S/C19H42O6Si2/c1-18(2,3)26(8,9)23-12-13-14(20)16(15(21)17(22-7)24-13)25-27(10,11)19(4,5)6/h13-17,20-21H,12H2,1-11H3/t13-,14-,15-,16+,17+/m1/s1. The van der Waals surface area contributed by atoms with Crippen LogP contribution in [0.4, 0.5) is 0 Å². The third kappa shape index (κ3) is 5.85. The van der Waals surface area contributed by atoms with Crippen molar-refractivity contribution in [1.82, 2.24) is 0 Å². The Morgan fingerprint density at radius 2 is 1.33 bits per heavy atom. The molecule has 0 aromatic heterocycles. The molecule has 5 atom stereocenters. The molecule has 1 heterocycles. The summed E-state index contributed by atoms with van der Waals surface area (Å²) in [5.74, 6) is 0. The van der Waals surface area contributed by atoms with Crippen LogP contribution in [-0.4, -0.2) is 71.3 Å². The molecule has 0 bridgehead atoms. The normalized spacial score (nSPS) is 31.2. The molecule has 0 unspecified atom stereocenters. The predicted molar refractivity (Wildman–Crippen MR) is 113 cm³/mol. The van der Waals surface area contributed by atoms with Crippen molar-refractivity contribution in [3.05, 3.63) is 0 Å². The number of aliphatic hydroxyl groups is 2. The van der Waals surface area contributed by atoms with Crippen molar-refractivity contribution in [1.29, 1.82) is 0 Å². The third-order valence-corrected chi connectivity index (χ3v) is 15.5. The third-order valence-electron chi connectivity index (χ3n) is 6.53. The summed E-state index contributed by atoms with van der Waals surface area (Å²) in [7, 11) is -2.71. The molecule has 1 saturated heterocycles. The lowest BCUT2D eigenvalue weighted by Gasteiger charge is -2.48. The van der Waals surface area contributed by atoms with Crippen LogP contribution in [0.25, 0.3) is 0 Å². The summed E-state index contributed by atoms with van der Waals surface area (Å²) < 4.78 is 23.7. The zero-order chi connectivity index (χ0) is 21.4. The van der Waals surface area contributed by atoms with E-state index in [4.69, 9.17) is 18.3 Å². The molecule has 0 aromatic carbocycles. The van der Waals surface area contributed by atoms with E-state index in [-0.39, 0.29) is 16.7 Å². The van der Waals surface area contributed by atoms with Gasteiger partial charge in [-0.3, -0.25) is 0 Å². The monoisotopic (exact) mass is 422 g/mol. The Labute approximate surface area is 167 Å². The molecular weight excluding hydrogens is 380 g/mol. The zero-order valence-electron chi connectivity index (χ0n) is 19.1. The second-order valence-corrected chi connectivity index (χ2v) is 20.2. The van der Waals surface area contributed by atoms with Gasteiger partial charge in [0.25, 0.3) is 0 Å². The van der Waals surface area contributed by atoms with Crippen LogP contribution in [-0.2, 0) is 18.3 Å². The molecule has 162 valence electrons. The number of hydrogen-bond donors (Lipinski definition) is 2. The van der Waals surface area contributed by atoms with Crippen LogP contribution in [0.2, 0.25) is 36.3 Å². The highest BCUT2D eigenvalue weighted by molar-refractivity contribution is 6.74. The minimum atomic E-state index is -2.20. The Balaban J connectivity index is 2.99. The van der Waals surface area contributed by atoms with E-state index in [1.54, 1.807) is 0 Å². The highest BCUT2D eigenvalue weighted by atomic mass is 28.4. The largest absolute Gasteiger partial charge is 0.414 e. The molecule has 8 heteroatoms. The van der Waals surface area contributed by atoms with E-state index in [1.165, 1.54) is 7.11 Å². The lowest BCUT2D eigenvalue weighted by atomic mass is 9.99. The lowest BCUT2D eigenvalue weighted by molar-refractivity contribution is -0.290. The van der Waals surface area contributed by atoms with Gasteiger partial charge in [0.2, 0.25) is 0 Å². The Morgan fingerprint density at radius 1 is 0.852 bits per heavy atom. The molecular formula is C19H42O6Si2. The van der Waals surface area contributed by atoms with Crippen LogP contribution < -0.4 is 0 Å². The molecule has 0 spiro atoms. The van der Waals surface area contributed by atoms with Crippen molar-refractivity contribution < 1.29 is 28.5 Å². The summed E-state index contributed by atoms with van der Waals surface area (Å²) in [5.41, 5.74) is 0. The Bertz CT molecular complexity index is 484. The molecule has 27 heavy (non-hydrogen) atoms. The summed E-state index contributed by atoms with van der Waals surface area (Å²) >= 11 is 0. The average Bonchev–Trinajstić information content (AvgIpc) is 2.48. The second kappa shape index (κ2) is 8.51. The predicted octanol–water partition coefficient (Wildman–Crippen LogP) is 3.49. The van der Waals surface area contributed by atoms with Crippen LogP contribution in [0.3, 0.4) is 0 Å². The smallest absolute Gasteiger partial charge is 0.192 e. The minimum Gasteiger partial charge on any atom is -0.414 e. The maximum atomic E-state index is 10.9. The average molecular weight is 423 g/mol. The van der Waals surface area contributed by atoms with E-state index < -0.39 is 47.3 Å². The molecule has 0 radical (unpaired) electrons. The SMILES string of the molecule is CO[C@H]1O[C@H](CO[Si](C)(C)C(C)(C)C)[C@@H](O)[C@H](O[Si](C)(C)C(C)(C)C)[C@H]1O. The number of methoxy groups -OCH3 is 1. The van der Waals surface area contributed by atoms with Gasteiger partial charge in [-0.1, -0.05) is 41.5 Å². The van der Waals surface area contributed by atoms with E-state index in [9.17, 15) is 10.2 Å². The van der Waals surface area contributed by atoms with Gasteiger partial charge in [0.05, 0.1) is 6.61 Å². The molecule has 2 N–H and O–H groups in total. The van der Waals surface area contributed by atoms with Gasteiger partial charge < -0.3 is 28.5 Å². The van der Waals surface area contributed by atoms with Crippen molar-refractivity contribution in [3.63, 3.8) is 0 Å². The van der Waals surface area contributed by atoms with Gasteiger partial charge in [-0.05, 0) is 36.3 Å². The van der Waals surface area contributed by atoms with Gasteiger partial charge in [-0.2, -0.15) is 0 Å². The van der Waals surface area contributed by atoms with E-state index in [1.807, 2.05) is 0 Å². The van der Waals surface area contributed by atoms with Crippen molar-refractivity contribution in [3.8, 4) is 0 Å². The van der Waals surface area contributed by atoms with Crippen LogP contribution >= 0.6 is 0 Å². The zero-order valence-corrected chi connectivity index (χ0v) is 21.1. The molecule has 0 saturated carbocycles. The molecule has 1 aliphatic heterocycles. The van der Waals surface area contributed by atoms with Gasteiger partial charge in [-0.15, -0.1) is 0 Å². The van der Waals surface area contributed by atoms with E-state index >= 15 is 0 Å². The Morgan fingerprint density at radius 3 is 1.74 bits per heavy atom.